The van der Waals surface area contributed by atoms with Crippen molar-refractivity contribution in [2.45, 2.75) is 64.8 Å². The van der Waals surface area contributed by atoms with Gasteiger partial charge in [0.05, 0.1) is 30.6 Å². The highest BCUT2D eigenvalue weighted by atomic mass is 35.5. The van der Waals surface area contributed by atoms with Crippen molar-refractivity contribution >= 4 is 40.8 Å². The van der Waals surface area contributed by atoms with Crippen molar-refractivity contribution in [2.75, 3.05) is 26.7 Å². The van der Waals surface area contributed by atoms with Gasteiger partial charge >= 0.3 is 12.1 Å². The van der Waals surface area contributed by atoms with Crippen molar-refractivity contribution in [3.63, 3.8) is 0 Å². The van der Waals surface area contributed by atoms with Crippen LogP contribution in [0.2, 0.25) is 5.02 Å². The largest absolute Gasteiger partial charge is 0.465 e. The van der Waals surface area contributed by atoms with Crippen LogP contribution in [0.3, 0.4) is 0 Å². The number of piperazine rings is 1. The van der Waals surface area contributed by atoms with Gasteiger partial charge in [0.1, 0.15) is 11.6 Å². The van der Waals surface area contributed by atoms with Crippen molar-refractivity contribution in [1.29, 1.82) is 0 Å². The minimum Gasteiger partial charge on any atom is -0.465 e. The zero-order valence-electron chi connectivity index (χ0n) is 27.2. The molecule has 2 aliphatic heterocycles. The van der Waals surface area contributed by atoms with Crippen LogP contribution in [-0.4, -0.2) is 92.0 Å². The number of aliphatic hydroxyl groups excluding tert-OH is 1. The number of amides is 1. The van der Waals surface area contributed by atoms with Gasteiger partial charge < -0.3 is 24.7 Å². The number of rotatable bonds is 5. The molecule has 1 saturated heterocycles. The van der Waals surface area contributed by atoms with Crippen molar-refractivity contribution in [3.8, 4) is 0 Å². The molecule has 2 aromatic carbocycles. The van der Waals surface area contributed by atoms with Crippen molar-refractivity contribution in [1.82, 2.24) is 24.8 Å². The summed E-state index contributed by atoms with van der Waals surface area (Å²) in [5, 5.41) is 29.6. The second kappa shape index (κ2) is 15.0. The quantitative estimate of drug-likeness (QED) is 0.256. The number of halogens is 2. The average molecular weight is 668 g/mol. The third kappa shape index (κ3) is 8.38. The summed E-state index contributed by atoms with van der Waals surface area (Å²) >= 11 is 6.03. The smallest absolute Gasteiger partial charge is 0.407 e. The van der Waals surface area contributed by atoms with Crippen LogP contribution < -0.4 is 0 Å². The molecule has 5 rings (SSSR count). The first kappa shape index (κ1) is 34.5. The van der Waals surface area contributed by atoms with E-state index >= 15 is 4.39 Å². The molecule has 0 spiro atoms. The van der Waals surface area contributed by atoms with Crippen LogP contribution in [0.4, 0.5) is 9.18 Å². The summed E-state index contributed by atoms with van der Waals surface area (Å²) in [5.74, 6) is -1.40. The van der Waals surface area contributed by atoms with Gasteiger partial charge in [-0.2, -0.15) is 0 Å². The van der Waals surface area contributed by atoms with Crippen LogP contribution in [0.1, 0.15) is 51.2 Å². The Bertz CT molecular complexity index is 1640. The number of carbonyl (C=O) groups excluding carboxylic acids is 1. The predicted molar refractivity (Wildman–Crippen MR) is 178 cm³/mol. The van der Waals surface area contributed by atoms with Gasteiger partial charge in [-0.15, -0.1) is 5.10 Å². The zero-order chi connectivity index (χ0) is 33.8. The first-order valence-electron chi connectivity index (χ1n) is 16.1. The zero-order valence-corrected chi connectivity index (χ0v) is 28.0. The lowest BCUT2D eigenvalue weighted by atomic mass is 9.80. The minimum absolute atomic E-state index is 0.0537. The SMILES string of the molecule is C/C(=C\c1cc(F)c2nnn(Cc3ccc(Cl)cc3)c2c1)[C@H]1OC(=O)C[C@H](O)CC[C@H](C)[C@@H](C2CN(C)CCN2C(=O)O)/C=C/[C@@H]1C. The molecule has 252 valence electrons. The van der Waals surface area contributed by atoms with Crippen molar-refractivity contribution < 1.29 is 28.9 Å². The van der Waals surface area contributed by atoms with E-state index in [1.54, 1.807) is 29.0 Å². The summed E-state index contributed by atoms with van der Waals surface area (Å²) in [6.45, 7) is 7.89. The van der Waals surface area contributed by atoms with Crippen LogP contribution in [-0.2, 0) is 16.1 Å². The number of fused-ring (bicyclic) bond motifs is 1. The number of carboxylic acid groups (broad SMARTS) is 1. The highest BCUT2D eigenvalue weighted by molar-refractivity contribution is 6.30. The summed E-state index contributed by atoms with van der Waals surface area (Å²) < 4.78 is 22.9. The highest BCUT2D eigenvalue weighted by Crippen LogP contribution is 2.32. The number of nitrogens with zero attached hydrogens (tertiary/aromatic N) is 5. The van der Waals surface area contributed by atoms with E-state index < -0.39 is 30.1 Å². The fourth-order valence-corrected chi connectivity index (χ4v) is 6.85. The van der Waals surface area contributed by atoms with E-state index in [0.717, 1.165) is 5.56 Å². The summed E-state index contributed by atoms with van der Waals surface area (Å²) in [5.41, 5.74) is 2.84. The Labute approximate surface area is 279 Å². The number of cyclic esters (lactones) is 1. The molecule has 3 heterocycles. The monoisotopic (exact) mass is 667 g/mol. The van der Waals surface area contributed by atoms with E-state index in [0.29, 0.717) is 60.7 Å². The van der Waals surface area contributed by atoms with Gasteiger partial charge in [-0.05, 0) is 73.7 Å². The number of aliphatic hydroxyl groups is 1. The molecule has 1 fully saturated rings. The van der Waals surface area contributed by atoms with Gasteiger partial charge in [-0.1, -0.05) is 61.0 Å². The Morgan fingerprint density at radius 1 is 1.15 bits per heavy atom. The number of hydrogen-bond donors (Lipinski definition) is 2. The molecule has 47 heavy (non-hydrogen) atoms. The number of hydrogen-bond acceptors (Lipinski definition) is 7. The number of aromatic nitrogens is 3. The van der Waals surface area contributed by atoms with Gasteiger partial charge in [-0.3, -0.25) is 4.79 Å². The number of carbonyl (C=O) groups is 2. The maximum absolute atomic E-state index is 15.3. The molecule has 10 nitrogen and oxygen atoms in total. The highest BCUT2D eigenvalue weighted by Gasteiger charge is 2.37. The van der Waals surface area contributed by atoms with E-state index in [9.17, 15) is 19.8 Å². The Morgan fingerprint density at radius 3 is 2.62 bits per heavy atom. The second-order valence-corrected chi connectivity index (χ2v) is 13.5. The molecule has 3 aromatic rings. The molecule has 2 aliphatic rings. The number of esters is 1. The van der Waals surface area contributed by atoms with Crippen LogP contribution >= 0.6 is 11.6 Å². The van der Waals surface area contributed by atoms with Gasteiger partial charge in [0, 0.05) is 36.5 Å². The lowest BCUT2D eigenvalue weighted by molar-refractivity contribution is -0.151. The van der Waals surface area contributed by atoms with Gasteiger partial charge in [-0.25, -0.2) is 13.9 Å². The van der Waals surface area contributed by atoms with Crippen LogP contribution in [0, 0.1) is 23.6 Å². The first-order chi connectivity index (χ1) is 22.4. The Morgan fingerprint density at radius 2 is 1.89 bits per heavy atom. The van der Waals surface area contributed by atoms with Crippen molar-refractivity contribution in [2.24, 2.45) is 17.8 Å². The first-order valence-corrected chi connectivity index (χ1v) is 16.5. The Balaban J connectivity index is 1.47. The molecule has 2 N–H and O–H groups in total. The number of likely N-dealkylation sites (N-methyl/N-ethyl adjacent to an activating group) is 1. The Hall–Kier alpha value is -3.80. The average Bonchev–Trinajstić information content (AvgIpc) is 3.42. The molecule has 1 amide bonds. The van der Waals surface area contributed by atoms with E-state index in [1.165, 1.54) is 11.0 Å². The van der Waals surface area contributed by atoms with Gasteiger partial charge in [0.15, 0.2) is 5.82 Å². The van der Waals surface area contributed by atoms with Crippen LogP contribution in [0.25, 0.3) is 17.1 Å². The van der Waals surface area contributed by atoms with E-state index in [4.69, 9.17) is 16.3 Å². The molecule has 12 heteroatoms. The number of ether oxygens (including phenoxy) is 1. The molecular weight excluding hydrogens is 625 g/mol. The fraction of sp³-hybridized carbons (Fsp3) is 0.486. The van der Waals surface area contributed by atoms with E-state index in [1.807, 2.05) is 39.1 Å². The standard InChI is InChI=1S/C35H43ClFN5O5/c1-21-5-11-27(43)18-32(44)47-34(22(2)6-12-28(21)31-20-40(4)13-14-41(31)35(45)46)23(3)15-25-16-29(37)33-30(17-25)42(39-38-33)19-24-7-9-26(36)10-8-24/h6-10,12,15-17,21-22,27-28,31,34,43H,5,11,13-14,18-20H2,1-4H3,(H,45,46)/b12-6+,23-15+/t21-,22-,27+,28-,31?,34-/m0/s1. The minimum atomic E-state index is -0.942. The maximum atomic E-state index is 15.3. The van der Waals surface area contributed by atoms with Gasteiger partial charge in [0.25, 0.3) is 0 Å². The lowest BCUT2D eigenvalue weighted by Gasteiger charge is -2.43. The number of benzene rings is 2. The summed E-state index contributed by atoms with van der Waals surface area (Å²) in [6, 6.07) is 10.2. The molecule has 0 radical (unpaired) electrons. The predicted octanol–water partition coefficient (Wildman–Crippen LogP) is 5.87. The molecule has 1 aromatic heterocycles. The summed E-state index contributed by atoms with van der Waals surface area (Å²) in [7, 11) is 1.99. The van der Waals surface area contributed by atoms with Crippen LogP contribution in [0.15, 0.2) is 54.1 Å². The summed E-state index contributed by atoms with van der Waals surface area (Å²) in [4.78, 5) is 28.9. The summed E-state index contributed by atoms with van der Waals surface area (Å²) in [6.07, 6.45) is 4.18. The third-order valence-corrected chi connectivity index (χ3v) is 9.64. The van der Waals surface area contributed by atoms with Crippen molar-refractivity contribution in [3.05, 3.63) is 76.1 Å². The molecule has 0 bridgehead atoms. The molecule has 6 atom stereocenters. The Kier molecular flexibility index (Phi) is 11.0. The van der Waals surface area contributed by atoms with E-state index in [-0.39, 0.29) is 35.7 Å². The molecular formula is C35H43ClFN5O5. The normalized spacial score (nSPS) is 27.6. The lowest BCUT2D eigenvalue weighted by Crippen LogP contribution is -2.57. The second-order valence-electron chi connectivity index (χ2n) is 13.1. The third-order valence-electron chi connectivity index (χ3n) is 9.38. The maximum Gasteiger partial charge on any atom is 0.407 e. The molecule has 0 saturated carbocycles. The van der Waals surface area contributed by atoms with Gasteiger partial charge in [0.2, 0.25) is 0 Å². The fourth-order valence-electron chi connectivity index (χ4n) is 6.72. The molecule has 1 unspecified atom stereocenters. The van der Waals surface area contributed by atoms with Crippen LogP contribution in [0.5, 0.6) is 0 Å². The van der Waals surface area contributed by atoms with E-state index in [2.05, 4.69) is 28.2 Å². The molecule has 0 aliphatic carbocycles. The topological polar surface area (TPSA) is 121 Å².